The summed E-state index contributed by atoms with van der Waals surface area (Å²) in [7, 11) is 0. The van der Waals surface area contributed by atoms with Crippen LogP contribution in [0, 0.1) is 0 Å². The lowest BCUT2D eigenvalue weighted by molar-refractivity contribution is -0.133. The molecule has 0 aromatic heterocycles. The van der Waals surface area contributed by atoms with Crippen LogP contribution in [0.3, 0.4) is 0 Å². The largest absolute Gasteiger partial charge is 0.478 e. The molecule has 1 amide bonds. The molecule has 100 valence electrons. The lowest BCUT2D eigenvalue weighted by Crippen LogP contribution is -2.28. The third-order valence-electron chi connectivity index (χ3n) is 3.56. The van der Waals surface area contributed by atoms with Gasteiger partial charge in [0.2, 0.25) is 5.91 Å². The summed E-state index contributed by atoms with van der Waals surface area (Å²) in [6.45, 7) is 2.98. The summed E-state index contributed by atoms with van der Waals surface area (Å²) in [5.74, 6) is -0.991. The second-order valence-electron chi connectivity index (χ2n) is 4.89. The van der Waals surface area contributed by atoms with Crippen LogP contribution in [0.15, 0.2) is 41.5 Å². The van der Waals surface area contributed by atoms with E-state index < -0.39 is 5.97 Å². The summed E-state index contributed by atoms with van der Waals surface area (Å²) in [5.41, 5.74) is 1.57. The van der Waals surface area contributed by atoms with Crippen molar-refractivity contribution in [2.45, 2.75) is 32.2 Å². The van der Waals surface area contributed by atoms with E-state index in [1.165, 1.54) is 12.5 Å². The molecular formula is C15H17NO3. The van der Waals surface area contributed by atoms with Crippen molar-refractivity contribution < 1.29 is 14.7 Å². The number of amides is 1. The Morgan fingerprint density at radius 3 is 2.37 bits per heavy atom. The molecule has 1 fully saturated rings. The molecule has 1 aromatic carbocycles. The number of carbonyl (C=O) groups excluding carboxylic acids is 1. The summed E-state index contributed by atoms with van der Waals surface area (Å²) in [6, 6.07) is 10.1. The van der Waals surface area contributed by atoms with Gasteiger partial charge >= 0.3 is 5.97 Å². The van der Waals surface area contributed by atoms with Crippen LogP contribution in [-0.4, -0.2) is 23.0 Å². The minimum Gasteiger partial charge on any atom is -0.478 e. The molecule has 0 heterocycles. The molecule has 0 saturated heterocycles. The Morgan fingerprint density at radius 1 is 1.16 bits per heavy atom. The second-order valence-corrected chi connectivity index (χ2v) is 4.89. The Labute approximate surface area is 112 Å². The van der Waals surface area contributed by atoms with E-state index >= 15 is 0 Å². The number of nitrogens with one attached hydrogen (secondary N) is 1. The van der Waals surface area contributed by atoms with Crippen LogP contribution in [0.25, 0.3) is 0 Å². The molecule has 2 rings (SSSR count). The van der Waals surface area contributed by atoms with Gasteiger partial charge in [0, 0.05) is 23.1 Å². The molecule has 1 aliphatic carbocycles. The lowest BCUT2D eigenvalue weighted by atomic mass is 10.1. The Morgan fingerprint density at radius 2 is 1.79 bits per heavy atom. The quantitative estimate of drug-likeness (QED) is 0.813. The highest BCUT2D eigenvalue weighted by Crippen LogP contribution is 2.40. The van der Waals surface area contributed by atoms with Crippen LogP contribution in [0.5, 0.6) is 0 Å². The molecule has 0 spiro atoms. The van der Waals surface area contributed by atoms with Crippen LogP contribution in [0.4, 0.5) is 0 Å². The summed E-state index contributed by atoms with van der Waals surface area (Å²) in [6.07, 6.45) is 0.912. The summed E-state index contributed by atoms with van der Waals surface area (Å²) < 4.78 is 0. The van der Waals surface area contributed by atoms with Gasteiger partial charge in [-0.15, -0.1) is 0 Å². The number of carboxylic acids is 1. The van der Waals surface area contributed by atoms with Gasteiger partial charge in [-0.2, -0.15) is 0 Å². The summed E-state index contributed by atoms with van der Waals surface area (Å²) >= 11 is 0. The van der Waals surface area contributed by atoms with E-state index in [1.54, 1.807) is 6.92 Å². The van der Waals surface area contributed by atoms with Gasteiger partial charge in [0.1, 0.15) is 0 Å². The molecule has 0 radical (unpaired) electrons. The number of aliphatic carboxylic acids is 1. The zero-order valence-electron chi connectivity index (χ0n) is 11.0. The predicted molar refractivity (Wildman–Crippen MR) is 71.7 cm³/mol. The zero-order chi connectivity index (χ0) is 14.0. The van der Waals surface area contributed by atoms with E-state index in [1.807, 2.05) is 30.3 Å². The normalized spacial score (nSPS) is 22.4. The Kier molecular flexibility index (Phi) is 3.69. The monoisotopic (exact) mass is 259 g/mol. The minimum absolute atomic E-state index is 0.0920. The molecule has 4 nitrogen and oxygen atoms in total. The average molecular weight is 259 g/mol. The van der Waals surface area contributed by atoms with Crippen molar-refractivity contribution in [3.05, 3.63) is 47.0 Å². The number of rotatable bonds is 4. The van der Waals surface area contributed by atoms with Gasteiger partial charge in [-0.05, 0) is 25.8 Å². The van der Waals surface area contributed by atoms with Crippen LogP contribution < -0.4 is 5.32 Å². The number of hydrogen-bond acceptors (Lipinski definition) is 2. The second kappa shape index (κ2) is 5.26. The van der Waals surface area contributed by atoms with Crippen LogP contribution in [-0.2, 0) is 9.59 Å². The van der Waals surface area contributed by atoms with Crippen LogP contribution in [0.1, 0.15) is 31.7 Å². The van der Waals surface area contributed by atoms with Gasteiger partial charge in [0.05, 0.1) is 0 Å². The molecule has 1 aliphatic rings. The van der Waals surface area contributed by atoms with E-state index in [2.05, 4.69) is 5.32 Å². The van der Waals surface area contributed by atoms with Gasteiger partial charge in [0.25, 0.3) is 0 Å². The molecule has 1 saturated carbocycles. The fourth-order valence-corrected chi connectivity index (χ4v) is 2.03. The van der Waals surface area contributed by atoms with Crippen molar-refractivity contribution in [3.63, 3.8) is 0 Å². The molecule has 2 unspecified atom stereocenters. The number of carbonyl (C=O) groups is 2. The molecule has 2 atom stereocenters. The lowest BCUT2D eigenvalue weighted by Gasteiger charge is -2.06. The van der Waals surface area contributed by atoms with Crippen molar-refractivity contribution in [1.82, 2.24) is 5.32 Å². The van der Waals surface area contributed by atoms with Crippen LogP contribution >= 0.6 is 0 Å². The number of carboxylic acid groups (broad SMARTS) is 1. The molecule has 4 heteroatoms. The standard InChI is InChI=1S/C15H17NO3/c1-9(10(2)15(18)19)14(17)16-13-8-12(13)11-6-4-3-5-7-11/h3-7,12-13H,8H2,1-2H3,(H,16,17)(H,18,19). The molecular weight excluding hydrogens is 242 g/mol. The minimum atomic E-state index is -1.05. The fraction of sp³-hybridized carbons (Fsp3) is 0.333. The van der Waals surface area contributed by atoms with Gasteiger partial charge in [-0.3, -0.25) is 4.79 Å². The average Bonchev–Trinajstić information content (AvgIpc) is 3.17. The maximum Gasteiger partial charge on any atom is 0.331 e. The number of benzene rings is 1. The topological polar surface area (TPSA) is 66.4 Å². The third-order valence-corrected chi connectivity index (χ3v) is 3.56. The van der Waals surface area contributed by atoms with E-state index in [9.17, 15) is 9.59 Å². The highest BCUT2D eigenvalue weighted by molar-refractivity contribution is 6.01. The van der Waals surface area contributed by atoms with E-state index in [0.717, 1.165) is 6.42 Å². The first-order valence-electron chi connectivity index (χ1n) is 6.27. The van der Waals surface area contributed by atoms with Gasteiger partial charge in [0.15, 0.2) is 0 Å². The Hall–Kier alpha value is -2.10. The fourth-order valence-electron chi connectivity index (χ4n) is 2.03. The molecule has 0 aliphatic heterocycles. The highest BCUT2D eigenvalue weighted by atomic mass is 16.4. The Balaban J connectivity index is 1.96. The first-order valence-corrected chi connectivity index (χ1v) is 6.27. The van der Waals surface area contributed by atoms with E-state index in [0.29, 0.717) is 5.92 Å². The first-order chi connectivity index (χ1) is 9.00. The predicted octanol–water partition coefficient (Wildman–Crippen LogP) is 2.08. The smallest absolute Gasteiger partial charge is 0.331 e. The Bertz CT molecular complexity index is 534. The summed E-state index contributed by atoms with van der Waals surface area (Å²) in [4.78, 5) is 22.7. The molecule has 2 N–H and O–H groups in total. The van der Waals surface area contributed by atoms with E-state index in [4.69, 9.17) is 5.11 Å². The summed E-state index contributed by atoms with van der Waals surface area (Å²) in [5, 5.41) is 11.7. The maximum absolute atomic E-state index is 11.9. The highest BCUT2D eigenvalue weighted by Gasteiger charge is 2.39. The van der Waals surface area contributed by atoms with Gasteiger partial charge in [-0.25, -0.2) is 4.79 Å². The van der Waals surface area contributed by atoms with Crippen molar-refractivity contribution in [3.8, 4) is 0 Å². The van der Waals surface area contributed by atoms with Crippen molar-refractivity contribution in [2.24, 2.45) is 0 Å². The maximum atomic E-state index is 11.9. The third kappa shape index (κ3) is 3.02. The SMILES string of the molecule is CC(C(=O)O)=C(C)C(=O)NC1CC1c1ccccc1. The van der Waals surface area contributed by atoms with Gasteiger partial charge in [-0.1, -0.05) is 30.3 Å². The van der Waals surface area contributed by atoms with Crippen LogP contribution in [0.2, 0.25) is 0 Å². The van der Waals surface area contributed by atoms with E-state index in [-0.39, 0.29) is 23.1 Å². The van der Waals surface area contributed by atoms with Crippen molar-refractivity contribution >= 4 is 11.9 Å². The molecule has 19 heavy (non-hydrogen) atoms. The van der Waals surface area contributed by atoms with Gasteiger partial charge < -0.3 is 10.4 Å². The first kappa shape index (κ1) is 13.3. The zero-order valence-corrected chi connectivity index (χ0v) is 11.0. The van der Waals surface area contributed by atoms with Crippen molar-refractivity contribution in [2.75, 3.05) is 0 Å². The van der Waals surface area contributed by atoms with Crippen molar-refractivity contribution in [1.29, 1.82) is 0 Å². The molecule has 1 aromatic rings. The molecule has 0 bridgehead atoms. The number of hydrogen-bond donors (Lipinski definition) is 2.